The van der Waals surface area contributed by atoms with Gasteiger partial charge < -0.3 is 14.1 Å². The first-order chi connectivity index (χ1) is 13.5. The highest BCUT2D eigenvalue weighted by Crippen LogP contribution is 2.30. The predicted octanol–water partition coefficient (Wildman–Crippen LogP) is 4.46. The van der Waals surface area contributed by atoms with Gasteiger partial charge in [0, 0.05) is 23.0 Å². The molecule has 1 aliphatic heterocycles. The van der Waals surface area contributed by atoms with Gasteiger partial charge in [-0.25, -0.2) is 0 Å². The smallest absolute Gasteiger partial charge is 0.310 e. The molecule has 0 bridgehead atoms. The number of piperidine rings is 1. The summed E-state index contributed by atoms with van der Waals surface area (Å²) in [6, 6.07) is 12.3. The molecule has 2 atom stereocenters. The Bertz CT molecular complexity index is 1010. The van der Waals surface area contributed by atoms with Crippen molar-refractivity contribution in [1.29, 1.82) is 0 Å². The molecule has 5 heteroatoms. The Labute approximate surface area is 164 Å². The van der Waals surface area contributed by atoms with Crippen molar-refractivity contribution in [3.8, 4) is 0 Å². The van der Waals surface area contributed by atoms with Crippen molar-refractivity contribution in [1.82, 2.24) is 4.90 Å². The number of fused-ring (bicyclic) bond motifs is 3. The molecule has 1 fully saturated rings. The minimum Gasteiger partial charge on any atom is -0.464 e. The number of hydrogen-bond acceptors (Lipinski definition) is 4. The zero-order valence-corrected chi connectivity index (χ0v) is 16.3. The molecule has 0 N–H and O–H groups in total. The Hall–Kier alpha value is -2.82. The summed E-state index contributed by atoms with van der Waals surface area (Å²) in [5.74, 6) is -0.531. The van der Waals surface area contributed by atoms with Crippen molar-refractivity contribution >= 4 is 33.6 Å². The third kappa shape index (κ3) is 3.49. The van der Waals surface area contributed by atoms with Gasteiger partial charge in [-0.2, -0.15) is 0 Å². The van der Waals surface area contributed by atoms with Crippen LogP contribution in [0.5, 0.6) is 0 Å². The number of rotatable bonds is 4. The van der Waals surface area contributed by atoms with Gasteiger partial charge in [-0.05, 0) is 49.9 Å². The van der Waals surface area contributed by atoms with Crippen molar-refractivity contribution in [2.45, 2.75) is 51.6 Å². The topological polar surface area (TPSA) is 59.8 Å². The summed E-state index contributed by atoms with van der Waals surface area (Å²) in [6.07, 6.45) is 4.82. The summed E-state index contributed by atoms with van der Waals surface area (Å²) in [5, 5.41) is 3.07. The van der Waals surface area contributed by atoms with E-state index < -0.39 is 5.97 Å². The molecule has 146 valence electrons. The Morgan fingerprint density at radius 3 is 2.64 bits per heavy atom. The summed E-state index contributed by atoms with van der Waals surface area (Å²) in [5.41, 5.74) is 1.53. The van der Waals surface area contributed by atoms with Crippen molar-refractivity contribution in [2.75, 3.05) is 6.61 Å². The maximum atomic E-state index is 12.5. The molecule has 5 nitrogen and oxygen atoms in total. The zero-order chi connectivity index (χ0) is 19.7. The van der Waals surface area contributed by atoms with Gasteiger partial charge in [0.25, 0.3) is 5.91 Å². The van der Waals surface area contributed by atoms with Crippen LogP contribution >= 0.6 is 0 Å². The van der Waals surface area contributed by atoms with Gasteiger partial charge in [0.05, 0.1) is 12.7 Å². The maximum Gasteiger partial charge on any atom is 0.310 e. The van der Waals surface area contributed by atoms with Crippen molar-refractivity contribution < 1.29 is 18.7 Å². The largest absolute Gasteiger partial charge is 0.464 e. The molecule has 3 aromatic rings. The second-order valence-corrected chi connectivity index (χ2v) is 7.69. The molecule has 1 saturated heterocycles. The molecule has 2 heterocycles. The van der Waals surface area contributed by atoms with E-state index >= 15 is 0 Å². The van der Waals surface area contributed by atoms with E-state index in [1.165, 1.54) is 0 Å². The van der Waals surface area contributed by atoms with E-state index in [0.717, 1.165) is 46.6 Å². The minimum absolute atomic E-state index is 0.0827. The van der Waals surface area contributed by atoms with Crippen LogP contribution in [0.2, 0.25) is 0 Å². The van der Waals surface area contributed by atoms with Crippen LogP contribution in [0.15, 0.2) is 47.1 Å². The molecule has 4 rings (SSSR count). The zero-order valence-electron chi connectivity index (χ0n) is 16.3. The Kier molecular flexibility index (Phi) is 5.07. The average molecular weight is 379 g/mol. The number of likely N-dealkylation sites (tertiary alicyclic amines) is 1. The van der Waals surface area contributed by atoms with Crippen LogP contribution < -0.4 is 0 Å². The molecule has 0 saturated carbocycles. The van der Waals surface area contributed by atoms with E-state index in [0.29, 0.717) is 0 Å². The predicted molar refractivity (Wildman–Crippen MR) is 108 cm³/mol. The van der Waals surface area contributed by atoms with Gasteiger partial charge in [-0.3, -0.25) is 9.59 Å². The lowest BCUT2D eigenvalue weighted by molar-refractivity contribution is -0.154. The average Bonchev–Trinajstić information content (AvgIpc) is 3.09. The number of furan rings is 1. The second-order valence-electron chi connectivity index (χ2n) is 7.69. The fourth-order valence-corrected chi connectivity index (χ4v) is 4.34. The van der Waals surface area contributed by atoms with E-state index in [-0.39, 0.29) is 31.0 Å². The van der Waals surface area contributed by atoms with Gasteiger partial charge in [0.15, 0.2) is 6.61 Å². The number of carbonyl (C=O) groups excluding carboxylic acids is 2. The van der Waals surface area contributed by atoms with E-state index in [9.17, 15) is 9.59 Å². The molecular formula is C23H25NO4. The number of benzene rings is 2. The van der Waals surface area contributed by atoms with Gasteiger partial charge in [-0.15, -0.1) is 0 Å². The van der Waals surface area contributed by atoms with Gasteiger partial charge >= 0.3 is 5.97 Å². The first-order valence-corrected chi connectivity index (χ1v) is 9.89. The number of hydrogen-bond donors (Lipinski definition) is 0. The normalized spacial score (nSPS) is 19.9. The van der Waals surface area contributed by atoms with Crippen molar-refractivity contribution in [3.63, 3.8) is 0 Å². The number of carbonyl (C=O) groups is 2. The molecule has 2 aromatic carbocycles. The van der Waals surface area contributed by atoms with Gasteiger partial charge in [-0.1, -0.05) is 30.3 Å². The number of ether oxygens (including phenoxy) is 1. The molecule has 0 radical (unpaired) electrons. The van der Waals surface area contributed by atoms with Crippen LogP contribution in [0.1, 0.15) is 38.7 Å². The lowest BCUT2D eigenvalue weighted by Gasteiger charge is -2.38. The van der Waals surface area contributed by atoms with Crippen LogP contribution in [-0.4, -0.2) is 35.5 Å². The number of amides is 1. The lowest BCUT2D eigenvalue weighted by atomic mass is 9.97. The molecule has 0 spiro atoms. The monoisotopic (exact) mass is 379 g/mol. The summed E-state index contributed by atoms with van der Waals surface area (Å²) in [6.45, 7) is 3.90. The van der Waals surface area contributed by atoms with E-state index in [2.05, 4.69) is 13.8 Å². The van der Waals surface area contributed by atoms with Crippen LogP contribution in [-0.2, 0) is 20.7 Å². The molecule has 28 heavy (non-hydrogen) atoms. The minimum atomic E-state index is -0.415. The van der Waals surface area contributed by atoms with Crippen molar-refractivity contribution in [3.05, 3.63) is 48.2 Å². The highest BCUT2D eigenvalue weighted by molar-refractivity contribution is 6.08. The van der Waals surface area contributed by atoms with Crippen LogP contribution in [0.4, 0.5) is 0 Å². The number of esters is 1. The lowest BCUT2D eigenvalue weighted by Crippen LogP contribution is -2.49. The highest BCUT2D eigenvalue weighted by atomic mass is 16.5. The second kappa shape index (κ2) is 7.66. The van der Waals surface area contributed by atoms with Gasteiger partial charge in [0.2, 0.25) is 0 Å². The summed E-state index contributed by atoms with van der Waals surface area (Å²) >= 11 is 0. The Morgan fingerprint density at radius 1 is 1.11 bits per heavy atom. The third-order valence-corrected chi connectivity index (χ3v) is 5.71. The SMILES string of the molecule is C[C@@H]1CCC[C@@H](C)N1C(=O)COC(=O)Cc1coc2ccc3ccccc3c12. The summed E-state index contributed by atoms with van der Waals surface area (Å²) in [4.78, 5) is 26.8. The standard InChI is InChI=1S/C23H25NO4/c1-15-6-5-7-16(2)24(15)21(25)14-28-22(26)12-18-13-27-20-11-10-17-8-3-4-9-19(17)23(18)20/h3-4,8-11,13,15-16H,5-7,12,14H2,1-2H3/t15-,16-/m1/s1. The third-order valence-electron chi connectivity index (χ3n) is 5.71. The van der Waals surface area contributed by atoms with Crippen LogP contribution in [0.3, 0.4) is 0 Å². The highest BCUT2D eigenvalue weighted by Gasteiger charge is 2.29. The van der Waals surface area contributed by atoms with Gasteiger partial charge in [0.1, 0.15) is 5.58 Å². The van der Waals surface area contributed by atoms with Crippen molar-refractivity contribution in [2.24, 2.45) is 0 Å². The first kappa shape index (κ1) is 18.5. The van der Waals surface area contributed by atoms with E-state index in [4.69, 9.17) is 9.15 Å². The Morgan fingerprint density at radius 2 is 1.86 bits per heavy atom. The molecule has 1 amide bonds. The molecule has 1 aliphatic rings. The molecule has 1 aromatic heterocycles. The quantitative estimate of drug-likeness (QED) is 0.628. The maximum absolute atomic E-state index is 12.5. The van der Waals surface area contributed by atoms with Crippen LogP contribution in [0, 0.1) is 0 Å². The van der Waals surface area contributed by atoms with E-state index in [1.807, 2.05) is 41.3 Å². The fourth-order valence-electron chi connectivity index (χ4n) is 4.34. The molecule has 0 aliphatic carbocycles. The summed E-state index contributed by atoms with van der Waals surface area (Å²) in [7, 11) is 0. The fraction of sp³-hybridized carbons (Fsp3) is 0.391. The first-order valence-electron chi connectivity index (χ1n) is 9.89. The number of nitrogens with zero attached hydrogens (tertiary/aromatic N) is 1. The molecule has 0 unspecified atom stereocenters. The summed E-state index contributed by atoms with van der Waals surface area (Å²) < 4.78 is 10.9. The van der Waals surface area contributed by atoms with E-state index in [1.54, 1.807) is 6.26 Å². The molecular weight excluding hydrogens is 354 g/mol. The van der Waals surface area contributed by atoms with Crippen LogP contribution in [0.25, 0.3) is 21.7 Å². The Balaban J connectivity index is 1.46.